The van der Waals surface area contributed by atoms with Crippen molar-refractivity contribution in [2.75, 3.05) is 13.2 Å². The lowest BCUT2D eigenvalue weighted by Crippen LogP contribution is -2.39. The van der Waals surface area contributed by atoms with E-state index in [1.807, 2.05) is 36.1 Å². The van der Waals surface area contributed by atoms with Gasteiger partial charge in [0.1, 0.15) is 11.4 Å². The maximum atomic E-state index is 12.9. The summed E-state index contributed by atoms with van der Waals surface area (Å²) in [6.07, 6.45) is 0.740. The molecule has 0 spiro atoms. The number of carboxylic acids is 1. The van der Waals surface area contributed by atoms with Crippen LogP contribution in [0.3, 0.4) is 0 Å². The Bertz CT molecular complexity index is 1530. The van der Waals surface area contributed by atoms with E-state index in [0.717, 1.165) is 35.1 Å². The van der Waals surface area contributed by atoms with Crippen molar-refractivity contribution >= 4 is 17.8 Å². The Hall–Kier alpha value is -4.26. The highest BCUT2D eigenvalue weighted by molar-refractivity contribution is 5.99. The minimum atomic E-state index is -5.08. The second-order valence-electron chi connectivity index (χ2n) is 11.0. The Labute approximate surface area is 245 Å². The Morgan fingerprint density at radius 1 is 1.12 bits per heavy atom. The van der Waals surface area contributed by atoms with Crippen molar-refractivity contribution in [3.05, 3.63) is 59.0 Å². The maximum absolute atomic E-state index is 12.9. The average molecular weight is 600 g/mol. The SMILES string of the molecule is Cc1[nH]c(-c2cc(-c3ccc4c(c3)CN([C@@H](C)C3CC3)C4=O)ccn2)nc1C(=O)NC1CCOCC1.O=C(O)C(F)(F)F. The zero-order valence-corrected chi connectivity index (χ0v) is 23.7. The number of rotatable bonds is 6. The van der Waals surface area contributed by atoms with Crippen LogP contribution in [0, 0.1) is 12.8 Å². The maximum Gasteiger partial charge on any atom is 0.490 e. The van der Waals surface area contributed by atoms with Crippen molar-refractivity contribution in [2.24, 2.45) is 5.92 Å². The van der Waals surface area contributed by atoms with Gasteiger partial charge in [-0.1, -0.05) is 6.07 Å². The minimum absolute atomic E-state index is 0.113. The zero-order valence-electron chi connectivity index (χ0n) is 23.7. The van der Waals surface area contributed by atoms with Gasteiger partial charge in [-0.2, -0.15) is 13.2 Å². The molecule has 3 aromatic rings. The first-order chi connectivity index (χ1) is 20.4. The Kier molecular flexibility index (Phi) is 8.54. The minimum Gasteiger partial charge on any atom is -0.475 e. The second-order valence-corrected chi connectivity index (χ2v) is 11.0. The van der Waals surface area contributed by atoms with E-state index >= 15 is 0 Å². The van der Waals surface area contributed by atoms with Gasteiger partial charge in [-0.3, -0.25) is 14.6 Å². The number of benzene rings is 1. The molecule has 43 heavy (non-hydrogen) atoms. The van der Waals surface area contributed by atoms with Crippen LogP contribution in [0.25, 0.3) is 22.6 Å². The topological polar surface area (TPSA) is 138 Å². The van der Waals surface area contributed by atoms with E-state index in [9.17, 15) is 22.8 Å². The van der Waals surface area contributed by atoms with Gasteiger partial charge in [0.2, 0.25) is 0 Å². The summed E-state index contributed by atoms with van der Waals surface area (Å²) in [5.74, 6) is -1.58. The van der Waals surface area contributed by atoms with E-state index in [0.29, 0.717) is 54.6 Å². The lowest BCUT2D eigenvalue weighted by Gasteiger charge is -2.23. The van der Waals surface area contributed by atoms with Gasteiger partial charge >= 0.3 is 12.1 Å². The van der Waals surface area contributed by atoms with Crippen molar-refractivity contribution < 1.29 is 37.4 Å². The molecular weight excluding hydrogens is 567 g/mol. The smallest absolute Gasteiger partial charge is 0.475 e. The van der Waals surface area contributed by atoms with E-state index < -0.39 is 12.1 Å². The molecule has 228 valence electrons. The number of nitrogens with one attached hydrogen (secondary N) is 2. The van der Waals surface area contributed by atoms with E-state index in [4.69, 9.17) is 14.6 Å². The zero-order chi connectivity index (χ0) is 30.9. The summed E-state index contributed by atoms with van der Waals surface area (Å²) >= 11 is 0. The Morgan fingerprint density at radius 2 is 1.79 bits per heavy atom. The number of aromatic nitrogens is 3. The average Bonchev–Trinajstić information content (AvgIpc) is 3.68. The molecule has 2 aromatic heterocycles. The number of carbonyl (C=O) groups is 3. The molecule has 1 saturated carbocycles. The van der Waals surface area contributed by atoms with Crippen LogP contribution in [0.5, 0.6) is 0 Å². The monoisotopic (exact) mass is 599 g/mol. The highest BCUT2D eigenvalue weighted by Gasteiger charge is 2.39. The fourth-order valence-corrected chi connectivity index (χ4v) is 5.32. The molecule has 4 heterocycles. The molecule has 0 bridgehead atoms. The standard InChI is InChI=1S/C28H31N5O3.C2HF3O2/c1-16-25(27(34)31-22-8-11-36-12-9-22)32-26(30-16)24-14-20(7-10-29-24)19-5-6-23-21(13-19)15-33(28(23)35)17(2)18-3-4-18;3-2(4,5)1(6)7/h5-7,10,13-14,17-18,22H,3-4,8-9,11-12,15H2,1-2H3,(H,30,32)(H,31,34);(H,6,7)/t17-;/m0./s1. The van der Waals surface area contributed by atoms with E-state index in [2.05, 4.69) is 33.3 Å². The normalized spacial score (nSPS) is 17.6. The highest BCUT2D eigenvalue weighted by atomic mass is 19.4. The number of carboxylic acid groups (broad SMARTS) is 1. The fraction of sp³-hybridized carbons (Fsp3) is 0.433. The third-order valence-corrected chi connectivity index (χ3v) is 7.97. The molecule has 0 radical (unpaired) electrons. The molecule has 10 nitrogen and oxygen atoms in total. The summed E-state index contributed by atoms with van der Waals surface area (Å²) in [5.41, 5.74) is 5.68. The van der Waals surface area contributed by atoms with Crippen LogP contribution in [0.15, 0.2) is 36.5 Å². The van der Waals surface area contributed by atoms with Crippen molar-refractivity contribution in [1.82, 2.24) is 25.2 Å². The van der Waals surface area contributed by atoms with Crippen molar-refractivity contribution in [3.8, 4) is 22.6 Å². The number of amides is 2. The lowest BCUT2D eigenvalue weighted by atomic mass is 10.0. The number of aryl methyl sites for hydroxylation is 1. The van der Waals surface area contributed by atoms with Crippen molar-refractivity contribution in [2.45, 2.75) is 64.3 Å². The number of halogens is 3. The molecule has 1 aromatic carbocycles. The predicted molar refractivity (Wildman–Crippen MR) is 149 cm³/mol. The number of pyridine rings is 1. The van der Waals surface area contributed by atoms with E-state index in [1.54, 1.807) is 6.20 Å². The van der Waals surface area contributed by atoms with Crippen LogP contribution >= 0.6 is 0 Å². The van der Waals surface area contributed by atoms with Gasteiger partial charge in [0.25, 0.3) is 11.8 Å². The van der Waals surface area contributed by atoms with Crippen LogP contribution in [0.1, 0.15) is 64.7 Å². The molecule has 3 N–H and O–H groups in total. The third kappa shape index (κ3) is 6.87. The fourth-order valence-electron chi connectivity index (χ4n) is 5.32. The Morgan fingerprint density at radius 3 is 2.44 bits per heavy atom. The van der Waals surface area contributed by atoms with Gasteiger partial charge in [-0.05, 0) is 86.4 Å². The molecular formula is C30H32F3N5O5. The number of carbonyl (C=O) groups excluding carboxylic acids is 2. The molecule has 13 heteroatoms. The van der Waals surface area contributed by atoms with Crippen LogP contribution in [-0.2, 0) is 16.1 Å². The van der Waals surface area contributed by atoms with Crippen molar-refractivity contribution in [1.29, 1.82) is 0 Å². The first-order valence-electron chi connectivity index (χ1n) is 14.1. The third-order valence-electron chi connectivity index (χ3n) is 7.97. The summed E-state index contributed by atoms with van der Waals surface area (Å²) in [6.45, 7) is 6.02. The summed E-state index contributed by atoms with van der Waals surface area (Å²) in [6, 6.07) is 10.4. The molecule has 3 aliphatic rings. The van der Waals surface area contributed by atoms with Gasteiger partial charge in [-0.25, -0.2) is 9.78 Å². The van der Waals surface area contributed by atoms with Crippen LogP contribution in [0.4, 0.5) is 13.2 Å². The second kappa shape index (κ2) is 12.2. The molecule has 2 fully saturated rings. The number of hydrogen-bond acceptors (Lipinski definition) is 6. The number of H-pyrrole nitrogens is 1. The summed E-state index contributed by atoms with van der Waals surface area (Å²) in [7, 11) is 0. The van der Waals surface area contributed by atoms with Crippen LogP contribution in [-0.4, -0.2) is 74.2 Å². The van der Waals surface area contributed by atoms with E-state index in [-0.39, 0.29) is 17.9 Å². The summed E-state index contributed by atoms with van der Waals surface area (Å²) in [4.78, 5) is 49.0. The van der Waals surface area contributed by atoms with Gasteiger partial charge in [0.05, 0.1) is 0 Å². The molecule has 1 atom stereocenters. The number of aromatic amines is 1. The summed E-state index contributed by atoms with van der Waals surface area (Å²) < 4.78 is 37.1. The molecule has 2 amide bonds. The van der Waals surface area contributed by atoms with Crippen LogP contribution in [0.2, 0.25) is 0 Å². The number of imidazole rings is 1. The highest BCUT2D eigenvalue weighted by Crippen LogP contribution is 2.39. The number of nitrogens with zero attached hydrogens (tertiary/aromatic N) is 3. The summed E-state index contributed by atoms with van der Waals surface area (Å²) in [5, 5.41) is 10.2. The van der Waals surface area contributed by atoms with Gasteiger partial charge < -0.3 is 25.0 Å². The number of aliphatic carboxylic acids is 1. The van der Waals surface area contributed by atoms with Gasteiger partial charge in [-0.15, -0.1) is 0 Å². The lowest BCUT2D eigenvalue weighted by molar-refractivity contribution is -0.192. The van der Waals surface area contributed by atoms with E-state index in [1.165, 1.54) is 12.8 Å². The number of alkyl halides is 3. The molecule has 1 saturated heterocycles. The Balaban J connectivity index is 0.000000472. The van der Waals surface area contributed by atoms with Crippen LogP contribution < -0.4 is 5.32 Å². The first kappa shape index (κ1) is 30.2. The molecule has 6 rings (SSSR count). The number of ether oxygens (including phenoxy) is 1. The quantitative estimate of drug-likeness (QED) is 0.372. The largest absolute Gasteiger partial charge is 0.490 e. The molecule has 0 unspecified atom stereocenters. The number of hydrogen-bond donors (Lipinski definition) is 3. The van der Waals surface area contributed by atoms with Crippen molar-refractivity contribution in [3.63, 3.8) is 0 Å². The number of fused-ring (bicyclic) bond motifs is 1. The molecule has 1 aliphatic carbocycles. The van der Waals surface area contributed by atoms with Gasteiger partial charge in [0, 0.05) is 49.3 Å². The van der Waals surface area contributed by atoms with Gasteiger partial charge in [0.15, 0.2) is 5.82 Å². The first-order valence-corrected chi connectivity index (χ1v) is 14.1. The molecule has 2 aliphatic heterocycles. The predicted octanol–water partition coefficient (Wildman–Crippen LogP) is 4.74.